The second-order valence-corrected chi connectivity index (χ2v) is 3.70. The van der Waals surface area contributed by atoms with E-state index in [4.69, 9.17) is 15.9 Å². The van der Waals surface area contributed by atoms with Crippen molar-refractivity contribution in [2.24, 2.45) is 4.99 Å². The maximum Gasteiger partial charge on any atom is 0.327 e. The van der Waals surface area contributed by atoms with Crippen molar-refractivity contribution in [1.82, 2.24) is 0 Å². The lowest BCUT2D eigenvalue weighted by Crippen LogP contribution is -2.10. The van der Waals surface area contributed by atoms with Crippen LogP contribution < -0.4 is 4.74 Å². The van der Waals surface area contributed by atoms with Gasteiger partial charge in [-0.25, -0.2) is 0 Å². The van der Waals surface area contributed by atoms with Gasteiger partial charge in [-0.2, -0.15) is 0 Å². The molecule has 0 amide bonds. The Labute approximate surface area is 113 Å². The summed E-state index contributed by atoms with van der Waals surface area (Å²) >= 11 is 0. The SMILES string of the molecule is C#CCOc1ccccc1C(C)=NCC(=O)OCC. The fourth-order valence-corrected chi connectivity index (χ4v) is 1.49. The zero-order valence-corrected chi connectivity index (χ0v) is 11.2. The number of aliphatic imine (C=N–C) groups is 1. The number of ether oxygens (including phenoxy) is 2. The largest absolute Gasteiger partial charge is 0.480 e. The highest BCUT2D eigenvalue weighted by Gasteiger charge is 2.07. The van der Waals surface area contributed by atoms with E-state index >= 15 is 0 Å². The summed E-state index contributed by atoms with van der Waals surface area (Å²) in [5, 5.41) is 0. The van der Waals surface area contributed by atoms with Gasteiger partial charge < -0.3 is 9.47 Å². The van der Waals surface area contributed by atoms with Gasteiger partial charge in [0.2, 0.25) is 0 Å². The molecule has 4 nitrogen and oxygen atoms in total. The number of nitrogens with zero attached hydrogens (tertiary/aromatic N) is 1. The molecule has 0 atom stereocenters. The molecule has 0 saturated carbocycles. The van der Waals surface area contributed by atoms with Crippen molar-refractivity contribution >= 4 is 11.7 Å². The molecular formula is C15H17NO3. The summed E-state index contributed by atoms with van der Waals surface area (Å²) in [6.45, 7) is 4.13. The Morgan fingerprint density at radius 3 is 2.84 bits per heavy atom. The van der Waals surface area contributed by atoms with Crippen LogP contribution in [-0.4, -0.2) is 31.4 Å². The third-order valence-corrected chi connectivity index (χ3v) is 2.34. The average molecular weight is 259 g/mol. The molecule has 0 aliphatic rings. The lowest BCUT2D eigenvalue weighted by molar-refractivity contribution is -0.141. The predicted molar refractivity (Wildman–Crippen MR) is 74.5 cm³/mol. The van der Waals surface area contributed by atoms with Crippen molar-refractivity contribution < 1.29 is 14.3 Å². The van der Waals surface area contributed by atoms with E-state index in [9.17, 15) is 4.79 Å². The van der Waals surface area contributed by atoms with Gasteiger partial charge in [-0.3, -0.25) is 9.79 Å². The van der Waals surface area contributed by atoms with Crippen molar-refractivity contribution in [3.63, 3.8) is 0 Å². The molecule has 0 radical (unpaired) electrons. The summed E-state index contributed by atoms with van der Waals surface area (Å²) in [6.07, 6.45) is 5.17. The normalized spacial score (nSPS) is 10.7. The molecule has 0 spiro atoms. The molecule has 0 unspecified atom stereocenters. The van der Waals surface area contributed by atoms with Gasteiger partial charge in [0, 0.05) is 11.3 Å². The summed E-state index contributed by atoms with van der Waals surface area (Å²) in [7, 11) is 0. The maximum atomic E-state index is 11.2. The summed E-state index contributed by atoms with van der Waals surface area (Å²) in [5.74, 6) is 2.73. The molecule has 0 bridgehead atoms. The van der Waals surface area contributed by atoms with Crippen LogP contribution in [0.25, 0.3) is 0 Å². The highest BCUT2D eigenvalue weighted by atomic mass is 16.5. The lowest BCUT2D eigenvalue weighted by Gasteiger charge is -2.09. The zero-order chi connectivity index (χ0) is 14.1. The molecule has 0 aliphatic carbocycles. The van der Waals surface area contributed by atoms with Gasteiger partial charge in [-0.15, -0.1) is 6.42 Å². The van der Waals surface area contributed by atoms with Crippen molar-refractivity contribution in [1.29, 1.82) is 0 Å². The van der Waals surface area contributed by atoms with Gasteiger partial charge in [-0.05, 0) is 26.0 Å². The van der Waals surface area contributed by atoms with E-state index in [1.807, 2.05) is 31.2 Å². The number of esters is 1. The molecule has 1 aromatic rings. The predicted octanol–water partition coefficient (Wildman–Crippen LogP) is 2.07. The maximum absolute atomic E-state index is 11.2. The summed E-state index contributed by atoms with van der Waals surface area (Å²) < 4.78 is 10.2. The van der Waals surface area contributed by atoms with Crippen molar-refractivity contribution in [3.8, 4) is 18.1 Å². The molecule has 19 heavy (non-hydrogen) atoms. The first-order chi connectivity index (χ1) is 9.19. The fourth-order valence-electron chi connectivity index (χ4n) is 1.49. The van der Waals surface area contributed by atoms with Gasteiger partial charge in [-0.1, -0.05) is 18.1 Å². The molecule has 1 rings (SSSR count). The smallest absolute Gasteiger partial charge is 0.327 e. The number of benzene rings is 1. The monoisotopic (exact) mass is 259 g/mol. The van der Waals surface area contributed by atoms with Crippen LogP contribution >= 0.6 is 0 Å². The average Bonchev–Trinajstić information content (AvgIpc) is 2.43. The molecule has 0 heterocycles. The summed E-state index contributed by atoms with van der Waals surface area (Å²) in [4.78, 5) is 15.4. The molecule has 0 saturated heterocycles. The van der Waals surface area contributed by atoms with Crippen molar-refractivity contribution in [2.75, 3.05) is 19.8 Å². The Morgan fingerprint density at radius 2 is 2.16 bits per heavy atom. The van der Waals surface area contributed by atoms with Crippen LogP contribution in [0.2, 0.25) is 0 Å². The Balaban J connectivity index is 2.81. The zero-order valence-electron chi connectivity index (χ0n) is 11.2. The van der Waals surface area contributed by atoms with E-state index in [2.05, 4.69) is 10.9 Å². The third-order valence-electron chi connectivity index (χ3n) is 2.34. The van der Waals surface area contributed by atoms with Crippen LogP contribution in [0.1, 0.15) is 19.4 Å². The van der Waals surface area contributed by atoms with E-state index in [0.29, 0.717) is 18.1 Å². The quantitative estimate of drug-likeness (QED) is 0.446. The van der Waals surface area contributed by atoms with Crippen LogP contribution in [-0.2, 0) is 9.53 Å². The fraction of sp³-hybridized carbons (Fsp3) is 0.333. The van der Waals surface area contributed by atoms with Gasteiger partial charge >= 0.3 is 5.97 Å². The molecule has 100 valence electrons. The number of carbonyl (C=O) groups is 1. The van der Waals surface area contributed by atoms with E-state index < -0.39 is 0 Å². The second kappa shape index (κ2) is 7.93. The topological polar surface area (TPSA) is 47.9 Å². The first kappa shape index (κ1) is 14.8. The van der Waals surface area contributed by atoms with Crippen molar-refractivity contribution in [3.05, 3.63) is 29.8 Å². The van der Waals surface area contributed by atoms with E-state index in [1.54, 1.807) is 6.92 Å². The molecule has 1 aromatic carbocycles. The molecule has 4 heteroatoms. The minimum absolute atomic E-state index is 0.00312. The number of rotatable bonds is 6. The number of hydrogen-bond donors (Lipinski definition) is 0. The van der Waals surface area contributed by atoms with Crippen LogP contribution in [0.4, 0.5) is 0 Å². The number of terminal acetylenes is 1. The summed E-state index contributed by atoms with van der Waals surface area (Å²) in [5.41, 5.74) is 1.53. The van der Waals surface area contributed by atoms with Crippen molar-refractivity contribution in [2.45, 2.75) is 13.8 Å². The Hall–Kier alpha value is -2.28. The van der Waals surface area contributed by atoms with Gasteiger partial charge in [0.15, 0.2) is 0 Å². The number of carbonyl (C=O) groups excluding carboxylic acids is 1. The number of hydrogen-bond acceptors (Lipinski definition) is 4. The number of para-hydroxylation sites is 1. The van der Waals surface area contributed by atoms with E-state index in [0.717, 1.165) is 5.56 Å². The molecule has 0 aliphatic heterocycles. The van der Waals surface area contributed by atoms with E-state index in [1.165, 1.54) is 0 Å². The van der Waals surface area contributed by atoms with Crippen LogP contribution in [0.15, 0.2) is 29.3 Å². The summed E-state index contributed by atoms with van der Waals surface area (Å²) in [6, 6.07) is 7.42. The molecule has 0 fully saturated rings. The van der Waals surface area contributed by atoms with Crippen LogP contribution in [0.3, 0.4) is 0 Å². The van der Waals surface area contributed by atoms with Gasteiger partial charge in [0.1, 0.15) is 18.9 Å². The Kier molecular flexibility index (Phi) is 6.17. The minimum atomic E-state index is -0.344. The molecule has 0 aromatic heterocycles. The van der Waals surface area contributed by atoms with Crippen LogP contribution in [0.5, 0.6) is 5.75 Å². The highest BCUT2D eigenvalue weighted by Crippen LogP contribution is 2.18. The lowest BCUT2D eigenvalue weighted by atomic mass is 10.1. The minimum Gasteiger partial charge on any atom is -0.480 e. The third kappa shape index (κ3) is 4.84. The Morgan fingerprint density at radius 1 is 1.42 bits per heavy atom. The first-order valence-corrected chi connectivity index (χ1v) is 6.01. The molecule has 0 N–H and O–H groups in total. The van der Waals surface area contributed by atoms with E-state index in [-0.39, 0.29) is 19.1 Å². The van der Waals surface area contributed by atoms with Crippen LogP contribution in [0, 0.1) is 12.3 Å². The highest BCUT2D eigenvalue weighted by molar-refractivity contribution is 6.01. The second-order valence-electron chi connectivity index (χ2n) is 3.70. The van der Waals surface area contributed by atoms with Gasteiger partial charge in [0.05, 0.1) is 6.61 Å². The Bertz CT molecular complexity index is 500. The first-order valence-electron chi connectivity index (χ1n) is 6.01. The standard InChI is InChI=1S/C15H17NO3/c1-4-10-19-14-9-7-6-8-13(14)12(3)16-11-15(17)18-5-2/h1,6-9H,5,10-11H2,2-3H3. The molecular weight excluding hydrogens is 242 g/mol. The van der Waals surface area contributed by atoms with Gasteiger partial charge in [0.25, 0.3) is 0 Å².